The van der Waals surface area contributed by atoms with Crippen molar-refractivity contribution in [2.24, 2.45) is 0 Å². The molecular weight excluding hydrogens is 374 g/mol. The summed E-state index contributed by atoms with van der Waals surface area (Å²) in [5, 5.41) is 2.33. The van der Waals surface area contributed by atoms with Gasteiger partial charge in [0.05, 0.1) is 13.7 Å². The Kier molecular flexibility index (Phi) is 7.03. The lowest BCUT2D eigenvalue weighted by Gasteiger charge is -2.36. The molecule has 0 aliphatic carbocycles. The maximum absolute atomic E-state index is 5.85. The summed E-state index contributed by atoms with van der Waals surface area (Å²) < 4.78 is 11.2. The van der Waals surface area contributed by atoms with Crippen LogP contribution in [0.1, 0.15) is 19.3 Å². The lowest BCUT2D eigenvalue weighted by Crippen LogP contribution is -2.46. The van der Waals surface area contributed by atoms with E-state index in [-0.39, 0.29) is 0 Å². The van der Waals surface area contributed by atoms with Crippen LogP contribution in [0.5, 0.6) is 11.6 Å². The van der Waals surface area contributed by atoms with Gasteiger partial charge in [-0.3, -0.25) is 4.90 Å². The van der Waals surface area contributed by atoms with Crippen molar-refractivity contribution < 1.29 is 9.47 Å². The predicted octanol–water partition coefficient (Wildman–Crippen LogP) is 4.61. The second kappa shape index (κ2) is 10.3. The number of fused-ring (bicyclic) bond motifs is 1. The summed E-state index contributed by atoms with van der Waals surface area (Å²) in [6.45, 7) is 6.28. The molecule has 0 atom stereocenters. The number of benzene rings is 2. The van der Waals surface area contributed by atoms with Crippen LogP contribution in [0.15, 0.2) is 60.8 Å². The predicted molar refractivity (Wildman–Crippen MR) is 123 cm³/mol. The number of piperazine rings is 1. The van der Waals surface area contributed by atoms with E-state index in [1.165, 1.54) is 30.5 Å². The maximum Gasteiger partial charge on any atom is 0.213 e. The zero-order valence-electron chi connectivity index (χ0n) is 17.8. The fraction of sp³-hybridized carbons (Fsp3) is 0.400. The van der Waals surface area contributed by atoms with Gasteiger partial charge in [0.25, 0.3) is 0 Å². The van der Waals surface area contributed by atoms with Crippen LogP contribution in [-0.2, 0) is 0 Å². The van der Waals surface area contributed by atoms with Crippen molar-refractivity contribution in [2.45, 2.75) is 19.3 Å². The third kappa shape index (κ3) is 5.42. The van der Waals surface area contributed by atoms with Gasteiger partial charge in [-0.25, -0.2) is 4.98 Å². The van der Waals surface area contributed by atoms with E-state index >= 15 is 0 Å². The molecule has 2 heterocycles. The van der Waals surface area contributed by atoms with Gasteiger partial charge in [-0.15, -0.1) is 0 Å². The van der Waals surface area contributed by atoms with Crippen LogP contribution < -0.4 is 14.4 Å². The molecule has 4 rings (SSSR count). The van der Waals surface area contributed by atoms with E-state index in [4.69, 9.17) is 9.47 Å². The number of aromatic nitrogens is 1. The summed E-state index contributed by atoms with van der Waals surface area (Å²) in [5.74, 6) is 1.65. The van der Waals surface area contributed by atoms with Crippen molar-refractivity contribution in [3.05, 3.63) is 60.8 Å². The van der Waals surface area contributed by atoms with Gasteiger partial charge in [0, 0.05) is 55.6 Å². The van der Waals surface area contributed by atoms with Gasteiger partial charge in [-0.1, -0.05) is 30.3 Å². The Morgan fingerprint density at radius 1 is 0.867 bits per heavy atom. The molecule has 1 aliphatic rings. The van der Waals surface area contributed by atoms with Crippen LogP contribution in [0.2, 0.25) is 0 Å². The minimum Gasteiger partial charge on any atom is -0.497 e. The minimum absolute atomic E-state index is 0.724. The Labute approximate surface area is 179 Å². The molecular formula is C25H31N3O2. The monoisotopic (exact) mass is 405 g/mol. The van der Waals surface area contributed by atoms with Crippen LogP contribution in [0.4, 0.5) is 5.69 Å². The maximum atomic E-state index is 5.85. The van der Waals surface area contributed by atoms with E-state index in [2.05, 4.69) is 45.1 Å². The minimum atomic E-state index is 0.724. The molecule has 1 aliphatic heterocycles. The number of nitrogens with zero attached hydrogens (tertiary/aromatic N) is 3. The van der Waals surface area contributed by atoms with Crippen LogP contribution in [0, 0.1) is 0 Å². The number of unbranched alkanes of at least 4 members (excludes halogenated alkanes) is 2. The van der Waals surface area contributed by atoms with Gasteiger partial charge in [0.1, 0.15) is 5.75 Å². The molecule has 5 nitrogen and oxygen atoms in total. The molecule has 0 N–H and O–H groups in total. The summed E-state index contributed by atoms with van der Waals surface area (Å²) in [6.07, 6.45) is 5.35. The molecule has 5 heteroatoms. The number of rotatable bonds is 9. The Bertz CT molecular complexity index is 938. The molecule has 0 spiro atoms. The van der Waals surface area contributed by atoms with Crippen molar-refractivity contribution in [3.63, 3.8) is 0 Å². The largest absolute Gasteiger partial charge is 0.497 e. The molecule has 158 valence electrons. The third-order valence-electron chi connectivity index (χ3n) is 5.77. The number of ether oxygens (including phenoxy) is 2. The highest BCUT2D eigenvalue weighted by atomic mass is 16.5. The van der Waals surface area contributed by atoms with Gasteiger partial charge in [0.15, 0.2) is 0 Å². The average molecular weight is 406 g/mol. The molecule has 0 amide bonds. The van der Waals surface area contributed by atoms with Crippen LogP contribution >= 0.6 is 0 Å². The van der Waals surface area contributed by atoms with Crippen LogP contribution in [-0.4, -0.2) is 56.3 Å². The first-order chi connectivity index (χ1) is 14.8. The van der Waals surface area contributed by atoms with Gasteiger partial charge >= 0.3 is 0 Å². The Balaban J connectivity index is 1.11. The lowest BCUT2D eigenvalue weighted by molar-refractivity contribution is 0.245. The molecule has 1 fully saturated rings. The molecule has 1 aromatic heterocycles. The average Bonchev–Trinajstić information content (AvgIpc) is 2.81. The first-order valence-corrected chi connectivity index (χ1v) is 10.9. The standard InChI is InChI=1S/C25H31N3O2/c1-29-24-11-7-10-23(19-24)28-15-13-27(14-16-28)12-5-2-6-17-30-25-18-21-8-3-4-9-22(21)20-26-25/h3-4,7-11,18-20H,2,5-6,12-17H2,1H3. The molecule has 0 bridgehead atoms. The number of hydrogen-bond donors (Lipinski definition) is 0. The second-order valence-corrected chi connectivity index (χ2v) is 7.81. The molecule has 1 saturated heterocycles. The fourth-order valence-electron chi connectivity index (χ4n) is 3.97. The zero-order valence-corrected chi connectivity index (χ0v) is 17.8. The van der Waals surface area contributed by atoms with Gasteiger partial charge < -0.3 is 14.4 Å². The van der Waals surface area contributed by atoms with Crippen molar-refractivity contribution >= 4 is 16.5 Å². The van der Waals surface area contributed by atoms with Gasteiger partial charge in [-0.2, -0.15) is 0 Å². The number of anilines is 1. The first-order valence-electron chi connectivity index (χ1n) is 10.9. The highest BCUT2D eigenvalue weighted by Crippen LogP contribution is 2.22. The van der Waals surface area contributed by atoms with E-state index in [1.807, 2.05) is 30.5 Å². The highest BCUT2D eigenvalue weighted by Gasteiger charge is 2.17. The quantitative estimate of drug-likeness (QED) is 0.486. The van der Waals surface area contributed by atoms with E-state index in [0.717, 1.165) is 56.2 Å². The zero-order chi connectivity index (χ0) is 20.6. The second-order valence-electron chi connectivity index (χ2n) is 7.81. The number of methoxy groups -OCH3 is 1. The third-order valence-corrected chi connectivity index (χ3v) is 5.77. The normalized spacial score (nSPS) is 14.8. The molecule has 0 saturated carbocycles. The Morgan fingerprint density at radius 3 is 2.53 bits per heavy atom. The van der Waals surface area contributed by atoms with Gasteiger partial charge in [0.2, 0.25) is 5.88 Å². The van der Waals surface area contributed by atoms with E-state index < -0.39 is 0 Å². The smallest absolute Gasteiger partial charge is 0.213 e. The van der Waals surface area contributed by atoms with Gasteiger partial charge in [-0.05, 0) is 43.3 Å². The molecule has 0 unspecified atom stereocenters. The number of hydrogen-bond acceptors (Lipinski definition) is 5. The summed E-state index contributed by atoms with van der Waals surface area (Å²) in [4.78, 5) is 9.42. The summed E-state index contributed by atoms with van der Waals surface area (Å²) in [6, 6.07) is 18.6. The molecule has 0 radical (unpaired) electrons. The Morgan fingerprint density at radius 2 is 1.70 bits per heavy atom. The van der Waals surface area contributed by atoms with Crippen molar-refractivity contribution in [2.75, 3.05) is 51.3 Å². The van der Waals surface area contributed by atoms with E-state index in [0.29, 0.717) is 0 Å². The molecule has 30 heavy (non-hydrogen) atoms. The number of pyridine rings is 1. The summed E-state index contributed by atoms with van der Waals surface area (Å²) in [5.41, 5.74) is 1.26. The molecule has 2 aromatic carbocycles. The topological polar surface area (TPSA) is 37.8 Å². The SMILES string of the molecule is COc1cccc(N2CCN(CCCCCOc3cc4ccccc4cn3)CC2)c1. The summed E-state index contributed by atoms with van der Waals surface area (Å²) >= 11 is 0. The Hall–Kier alpha value is -2.79. The van der Waals surface area contributed by atoms with Crippen LogP contribution in [0.25, 0.3) is 10.8 Å². The van der Waals surface area contributed by atoms with Crippen molar-refractivity contribution in [1.29, 1.82) is 0 Å². The van der Waals surface area contributed by atoms with Crippen LogP contribution in [0.3, 0.4) is 0 Å². The van der Waals surface area contributed by atoms with Crippen molar-refractivity contribution in [1.82, 2.24) is 9.88 Å². The molecule has 3 aromatic rings. The fourth-order valence-corrected chi connectivity index (χ4v) is 3.97. The highest BCUT2D eigenvalue weighted by molar-refractivity contribution is 5.82. The first kappa shape index (κ1) is 20.5. The van der Waals surface area contributed by atoms with E-state index in [1.54, 1.807) is 7.11 Å². The summed E-state index contributed by atoms with van der Waals surface area (Å²) in [7, 11) is 1.72. The lowest BCUT2D eigenvalue weighted by atomic mass is 10.2. The van der Waals surface area contributed by atoms with E-state index in [9.17, 15) is 0 Å². The van der Waals surface area contributed by atoms with Crippen molar-refractivity contribution in [3.8, 4) is 11.6 Å².